The van der Waals surface area contributed by atoms with Crippen LogP contribution < -0.4 is 10.6 Å². The van der Waals surface area contributed by atoms with E-state index in [0.717, 1.165) is 19.3 Å². The minimum absolute atomic E-state index is 0.0137. The summed E-state index contributed by atoms with van der Waals surface area (Å²) in [6, 6.07) is -1.40. The molecule has 0 aromatic rings. The second kappa shape index (κ2) is 12.3. The van der Waals surface area contributed by atoms with E-state index in [1.54, 1.807) is 0 Å². The molecule has 5 aliphatic rings. The van der Waals surface area contributed by atoms with Gasteiger partial charge in [-0.05, 0) is 51.4 Å². The molecule has 4 aliphatic heterocycles. The van der Waals surface area contributed by atoms with Gasteiger partial charge in [0.25, 0.3) is 0 Å². The molecule has 1 saturated carbocycles. The van der Waals surface area contributed by atoms with Crippen LogP contribution in [0.4, 0.5) is 0 Å². The number of carbonyl (C=O) groups is 4. The van der Waals surface area contributed by atoms with E-state index in [2.05, 4.69) is 17.6 Å². The summed E-state index contributed by atoms with van der Waals surface area (Å²) in [5, 5.41) is 23.3. The zero-order valence-corrected chi connectivity index (χ0v) is 23.6. The first kappa shape index (κ1) is 30.6. The van der Waals surface area contributed by atoms with Crippen LogP contribution in [0.2, 0.25) is 0 Å². The second-order valence-corrected chi connectivity index (χ2v) is 11.8. The van der Waals surface area contributed by atoms with Gasteiger partial charge in [-0.25, -0.2) is 14.6 Å². The molecule has 2 bridgehead atoms. The summed E-state index contributed by atoms with van der Waals surface area (Å²) in [6.07, 6.45) is 0.639. The fraction of sp³-hybridized carbons (Fsp3) is 0.852. The summed E-state index contributed by atoms with van der Waals surface area (Å²) >= 11 is 0. The quantitative estimate of drug-likeness (QED) is 0.160. The lowest BCUT2D eigenvalue weighted by molar-refractivity contribution is -0.576. The van der Waals surface area contributed by atoms with Crippen molar-refractivity contribution in [2.45, 2.75) is 115 Å². The molecule has 2 amide bonds. The van der Waals surface area contributed by atoms with Crippen molar-refractivity contribution in [2.24, 2.45) is 23.7 Å². The number of carbonyl (C=O) groups excluding carboxylic acids is 3. The summed E-state index contributed by atoms with van der Waals surface area (Å²) in [6.45, 7) is 7.46. The van der Waals surface area contributed by atoms with Gasteiger partial charge in [-0.3, -0.25) is 14.4 Å². The number of rotatable bonds is 11. The molecule has 10 atom stereocenters. The highest BCUT2D eigenvalue weighted by atomic mass is 17.3. The van der Waals surface area contributed by atoms with Crippen molar-refractivity contribution in [2.75, 3.05) is 6.54 Å². The Morgan fingerprint density at radius 2 is 1.77 bits per heavy atom. The molecule has 13 nitrogen and oxygen atoms in total. The summed E-state index contributed by atoms with van der Waals surface area (Å²) in [4.78, 5) is 59.7. The van der Waals surface area contributed by atoms with Gasteiger partial charge in [-0.1, -0.05) is 13.8 Å². The van der Waals surface area contributed by atoms with Crippen molar-refractivity contribution < 1.29 is 53.4 Å². The molecule has 0 unspecified atom stereocenters. The van der Waals surface area contributed by atoms with Gasteiger partial charge in [-0.2, -0.15) is 0 Å². The average Bonchev–Trinajstić information content (AvgIpc) is 3.12. The van der Waals surface area contributed by atoms with Gasteiger partial charge in [0, 0.05) is 37.6 Å². The molecule has 1 spiro atoms. The third-order valence-corrected chi connectivity index (χ3v) is 8.87. The predicted octanol–water partition coefficient (Wildman–Crippen LogP) is 1.36. The largest absolute Gasteiger partial charge is 0.480 e. The van der Waals surface area contributed by atoms with Gasteiger partial charge in [-0.15, -0.1) is 0 Å². The molecule has 5 rings (SSSR count). The normalized spacial score (nSPS) is 37.8. The Morgan fingerprint density at radius 3 is 2.48 bits per heavy atom. The molecular weight excluding hydrogens is 528 g/mol. The minimum atomic E-state index is -1.40. The van der Waals surface area contributed by atoms with Crippen molar-refractivity contribution in [1.29, 1.82) is 0 Å². The van der Waals surface area contributed by atoms with Gasteiger partial charge in [0.05, 0.1) is 12.5 Å². The molecule has 5 fully saturated rings. The molecule has 226 valence electrons. The number of aliphatic hydroxyl groups excluding tert-OH is 1. The maximum atomic E-state index is 12.7. The number of ether oxygens (including phenoxy) is 3. The number of esters is 1. The molecule has 4 saturated heterocycles. The fourth-order valence-corrected chi connectivity index (χ4v) is 6.61. The summed E-state index contributed by atoms with van der Waals surface area (Å²) < 4.78 is 18.2. The number of amides is 2. The van der Waals surface area contributed by atoms with Crippen molar-refractivity contribution >= 4 is 23.8 Å². The second-order valence-electron chi connectivity index (χ2n) is 11.8. The highest BCUT2D eigenvalue weighted by Gasteiger charge is 2.69. The van der Waals surface area contributed by atoms with E-state index in [9.17, 15) is 24.3 Å². The van der Waals surface area contributed by atoms with Gasteiger partial charge in [0.2, 0.25) is 23.9 Å². The summed E-state index contributed by atoms with van der Waals surface area (Å²) in [5.74, 6) is -3.30. The average molecular weight is 571 g/mol. The number of nitrogens with one attached hydrogen (secondary N) is 2. The van der Waals surface area contributed by atoms with Crippen LogP contribution in [-0.4, -0.2) is 76.6 Å². The smallest absolute Gasteiger partial charge is 0.328 e. The van der Waals surface area contributed by atoms with Gasteiger partial charge >= 0.3 is 11.9 Å². The van der Waals surface area contributed by atoms with Crippen molar-refractivity contribution in [3.8, 4) is 0 Å². The molecule has 0 aromatic heterocycles. The van der Waals surface area contributed by atoms with Crippen LogP contribution in [0.1, 0.15) is 79.1 Å². The van der Waals surface area contributed by atoms with E-state index in [-0.39, 0.29) is 55.9 Å². The fourth-order valence-electron chi connectivity index (χ4n) is 6.61. The molecule has 1 aliphatic carbocycles. The molecule has 0 aromatic carbocycles. The Morgan fingerprint density at radius 1 is 1.02 bits per heavy atom. The lowest BCUT2D eigenvalue weighted by Gasteiger charge is -2.59. The maximum absolute atomic E-state index is 12.7. The first-order chi connectivity index (χ1) is 18.9. The van der Waals surface area contributed by atoms with Crippen LogP contribution >= 0.6 is 0 Å². The van der Waals surface area contributed by atoms with Crippen molar-refractivity contribution in [3.05, 3.63) is 0 Å². The highest BCUT2D eigenvalue weighted by molar-refractivity contribution is 5.84. The third-order valence-electron chi connectivity index (χ3n) is 8.87. The number of aliphatic carboxylic acids is 1. The number of carboxylic acids is 1. The monoisotopic (exact) mass is 570 g/mol. The van der Waals surface area contributed by atoms with E-state index < -0.39 is 54.0 Å². The number of aliphatic hydroxyl groups is 1. The van der Waals surface area contributed by atoms with Crippen LogP contribution in [-0.2, 0) is 43.2 Å². The molecule has 0 radical (unpaired) electrons. The Kier molecular flexibility index (Phi) is 9.40. The van der Waals surface area contributed by atoms with Crippen LogP contribution in [0.25, 0.3) is 0 Å². The lowest BCUT2D eigenvalue weighted by atomic mass is 9.58. The van der Waals surface area contributed by atoms with Gasteiger partial charge < -0.3 is 35.1 Å². The number of carboxylic acid groups (broad SMARTS) is 1. The Labute approximate surface area is 233 Å². The lowest BCUT2D eigenvalue weighted by Crippen LogP contribution is -2.70. The number of hydrogen-bond acceptors (Lipinski definition) is 10. The SMILES string of the molecule is C[C@H]1[C@H](OC(=O)CCC(=O)NCCCC(=O)N[C@H](C(=O)O)[C@@H](C)O)O[C@H]2O[C@]3(C)CC[C@H]4[C@H](C)CC[C@@H]1[C@@]24OO3. The maximum Gasteiger partial charge on any atom is 0.328 e. The Bertz CT molecular complexity index is 976. The molecule has 40 heavy (non-hydrogen) atoms. The van der Waals surface area contributed by atoms with Crippen LogP contribution in [0.3, 0.4) is 0 Å². The Hall–Kier alpha value is -2.32. The molecular formula is C27H42N2O11. The summed E-state index contributed by atoms with van der Waals surface area (Å²) in [5.41, 5.74) is -0.752. The zero-order chi connectivity index (χ0) is 29.2. The van der Waals surface area contributed by atoms with Crippen LogP contribution in [0.5, 0.6) is 0 Å². The van der Waals surface area contributed by atoms with Gasteiger partial charge in [0.15, 0.2) is 17.9 Å². The first-order valence-corrected chi connectivity index (χ1v) is 14.2. The van der Waals surface area contributed by atoms with Crippen LogP contribution in [0, 0.1) is 23.7 Å². The standard InChI is InChI=1S/C27H42N2O11/c1-14-7-8-18-15(2)24(37-25-27(18)17(14)11-12-26(4,38-25)39-40-27)36-21(33)10-9-19(31)28-13-5-6-20(32)29-22(16(3)30)23(34)35/h14-18,22,24-25,30H,5-13H2,1-4H3,(H,28,31)(H,29,32)(H,34,35)/t14-,15-,16-,17+,18+,22+,24-,25+,26+,27-/m1/s1. The molecule has 4 heterocycles. The number of hydrogen-bond donors (Lipinski definition) is 4. The molecule has 4 N–H and O–H groups in total. The van der Waals surface area contributed by atoms with Crippen molar-refractivity contribution in [3.63, 3.8) is 0 Å². The zero-order valence-electron chi connectivity index (χ0n) is 23.6. The van der Waals surface area contributed by atoms with E-state index in [1.807, 2.05) is 13.8 Å². The highest BCUT2D eigenvalue weighted by Crippen LogP contribution is 2.60. The minimum Gasteiger partial charge on any atom is -0.480 e. The first-order valence-electron chi connectivity index (χ1n) is 14.2. The van der Waals surface area contributed by atoms with Crippen molar-refractivity contribution in [1.82, 2.24) is 10.6 Å². The summed E-state index contributed by atoms with van der Waals surface area (Å²) in [7, 11) is 0. The van der Waals surface area contributed by atoms with E-state index in [4.69, 9.17) is 29.1 Å². The molecule has 13 heteroatoms. The number of fused-ring (bicyclic) bond motifs is 2. The predicted molar refractivity (Wildman–Crippen MR) is 136 cm³/mol. The van der Waals surface area contributed by atoms with Gasteiger partial charge in [0.1, 0.15) is 0 Å². The third kappa shape index (κ3) is 6.28. The van der Waals surface area contributed by atoms with Crippen LogP contribution in [0.15, 0.2) is 0 Å². The Balaban J connectivity index is 1.22. The van der Waals surface area contributed by atoms with E-state index in [0.29, 0.717) is 12.3 Å². The van der Waals surface area contributed by atoms with E-state index in [1.165, 1.54) is 6.92 Å². The topological polar surface area (TPSA) is 179 Å². The van der Waals surface area contributed by atoms with E-state index >= 15 is 0 Å².